The molecule has 1 rings (SSSR count). The van der Waals surface area contributed by atoms with Crippen LogP contribution in [-0.4, -0.2) is 19.1 Å². The molecule has 5 nitrogen and oxygen atoms in total. The molecule has 3 N–H and O–H groups in total. The highest BCUT2D eigenvalue weighted by Crippen LogP contribution is 2.09. The molecule has 15 heavy (non-hydrogen) atoms. The van der Waals surface area contributed by atoms with E-state index in [4.69, 9.17) is 5.73 Å². The molecule has 0 spiro atoms. The number of amides is 2. The van der Waals surface area contributed by atoms with E-state index in [1.165, 1.54) is 7.11 Å². The van der Waals surface area contributed by atoms with Crippen LogP contribution in [0, 0.1) is 0 Å². The third-order valence-corrected chi connectivity index (χ3v) is 1.88. The fourth-order valence-corrected chi connectivity index (χ4v) is 1.17. The summed E-state index contributed by atoms with van der Waals surface area (Å²) in [5, 5.41) is 2.41. The van der Waals surface area contributed by atoms with Crippen molar-refractivity contribution in [2.24, 2.45) is 5.73 Å². The van der Waals surface area contributed by atoms with Crippen molar-refractivity contribution in [1.29, 1.82) is 0 Å². The van der Waals surface area contributed by atoms with Gasteiger partial charge in [-0.3, -0.25) is 0 Å². The van der Waals surface area contributed by atoms with Crippen LogP contribution in [0.2, 0.25) is 0 Å². The van der Waals surface area contributed by atoms with E-state index in [1.54, 1.807) is 24.3 Å². The van der Waals surface area contributed by atoms with Gasteiger partial charge in [-0.05, 0) is 11.6 Å². The van der Waals surface area contributed by atoms with Crippen LogP contribution in [0.1, 0.15) is 15.9 Å². The minimum absolute atomic E-state index is 0.209. The molecular formula is C10H12N2O3. The summed E-state index contributed by atoms with van der Waals surface area (Å²) in [6, 6.07) is 6.21. The fourth-order valence-electron chi connectivity index (χ4n) is 1.17. The van der Waals surface area contributed by atoms with Crippen molar-refractivity contribution in [2.75, 3.05) is 7.11 Å². The summed E-state index contributed by atoms with van der Waals surface area (Å²) in [6.45, 7) is 0.209. The van der Waals surface area contributed by atoms with E-state index in [9.17, 15) is 9.59 Å². The number of methoxy groups -OCH3 is 1. The second kappa shape index (κ2) is 4.99. The molecule has 0 radical (unpaired) electrons. The molecule has 0 unspecified atom stereocenters. The number of carbonyl (C=O) groups excluding carboxylic acids is 2. The molecule has 0 aliphatic heterocycles. The lowest BCUT2D eigenvalue weighted by molar-refractivity contribution is 0.0599. The topological polar surface area (TPSA) is 81.4 Å². The summed E-state index contributed by atoms with van der Waals surface area (Å²) in [6.07, 6.45) is 0. The van der Waals surface area contributed by atoms with Gasteiger partial charge in [0.1, 0.15) is 0 Å². The number of esters is 1. The van der Waals surface area contributed by atoms with E-state index in [1.807, 2.05) is 0 Å². The number of rotatable bonds is 3. The van der Waals surface area contributed by atoms with Gasteiger partial charge in [-0.1, -0.05) is 18.2 Å². The second-order valence-electron chi connectivity index (χ2n) is 2.87. The summed E-state index contributed by atoms with van der Waals surface area (Å²) in [4.78, 5) is 21.8. The number of nitrogens with two attached hydrogens (primary N) is 1. The molecule has 0 fully saturated rings. The minimum Gasteiger partial charge on any atom is -0.465 e. The zero-order valence-corrected chi connectivity index (χ0v) is 8.32. The number of primary amides is 1. The monoisotopic (exact) mass is 208 g/mol. The normalized spacial score (nSPS) is 9.40. The summed E-state index contributed by atoms with van der Waals surface area (Å²) in [7, 11) is 1.31. The Labute approximate surface area is 87.2 Å². The lowest BCUT2D eigenvalue weighted by atomic mass is 10.1. The first-order chi connectivity index (χ1) is 7.15. The Bertz CT molecular complexity index is 377. The average Bonchev–Trinajstić information content (AvgIpc) is 2.25. The van der Waals surface area contributed by atoms with Crippen molar-refractivity contribution < 1.29 is 14.3 Å². The van der Waals surface area contributed by atoms with Gasteiger partial charge >= 0.3 is 12.0 Å². The van der Waals surface area contributed by atoms with Gasteiger partial charge in [0.2, 0.25) is 0 Å². The van der Waals surface area contributed by atoms with Gasteiger partial charge in [0, 0.05) is 6.54 Å². The van der Waals surface area contributed by atoms with Crippen molar-refractivity contribution in [2.45, 2.75) is 6.54 Å². The molecule has 80 valence electrons. The lowest BCUT2D eigenvalue weighted by Crippen LogP contribution is -2.29. The van der Waals surface area contributed by atoms with Crippen molar-refractivity contribution in [3.63, 3.8) is 0 Å². The van der Waals surface area contributed by atoms with Gasteiger partial charge in [0.25, 0.3) is 0 Å². The maximum Gasteiger partial charge on any atom is 0.338 e. The molecule has 0 aliphatic rings. The Kier molecular flexibility index (Phi) is 3.68. The maximum atomic E-state index is 11.3. The number of carbonyl (C=O) groups is 2. The van der Waals surface area contributed by atoms with Gasteiger partial charge in [-0.25, -0.2) is 9.59 Å². The largest absolute Gasteiger partial charge is 0.465 e. The molecule has 0 saturated carbocycles. The predicted molar refractivity (Wildman–Crippen MR) is 54.2 cm³/mol. The van der Waals surface area contributed by atoms with Crippen molar-refractivity contribution in [3.05, 3.63) is 35.4 Å². The van der Waals surface area contributed by atoms with E-state index < -0.39 is 12.0 Å². The second-order valence-corrected chi connectivity index (χ2v) is 2.87. The van der Waals surface area contributed by atoms with E-state index in [2.05, 4.69) is 10.1 Å². The zero-order valence-electron chi connectivity index (χ0n) is 8.32. The molecule has 0 aromatic heterocycles. The van der Waals surface area contributed by atoms with Crippen LogP contribution < -0.4 is 11.1 Å². The van der Waals surface area contributed by atoms with E-state index in [0.29, 0.717) is 11.1 Å². The van der Waals surface area contributed by atoms with Crippen LogP contribution in [0.5, 0.6) is 0 Å². The molecule has 0 heterocycles. The quantitative estimate of drug-likeness (QED) is 0.715. The van der Waals surface area contributed by atoms with Gasteiger partial charge in [-0.15, -0.1) is 0 Å². The Hall–Kier alpha value is -2.04. The first kappa shape index (κ1) is 11.0. The zero-order chi connectivity index (χ0) is 11.3. The third-order valence-electron chi connectivity index (χ3n) is 1.88. The van der Waals surface area contributed by atoms with Crippen LogP contribution in [-0.2, 0) is 11.3 Å². The molecular weight excluding hydrogens is 196 g/mol. The number of hydrogen-bond acceptors (Lipinski definition) is 3. The molecule has 0 aliphatic carbocycles. The van der Waals surface area contributed by atoms with Crippen LogP contribution in [0.3, 0.4) is 0 Å². The maximum absolute atomic E-state index is 11.3. The van der Waals surface area contributed by atoms with Crippen molar-refractivity contribution in [1.82, 2.24) is 5.32 Å². The molecule has 0 saturated heterocycles. The van der Waals surface area contributed by atoms with Crippen molar-refractivity contribution in [3.8, 4) is 0 Å². The van der Waals surface area contributed by atoms with Crippen LogP contribution in [0.15, 0.2) is 24.3 Å². The SMILES string of the molecule is COC(=O)c1ccccc1CNC(N)=O. The van der Waals surface area contributed by atoms with Gasteiger partial charge in [0.15, 0.2) is 0 Å². The molecule has 1 aromatic rings. The predicted octanol–water partition coefficient (Wildman–Crippen LogP) is 0.642. The summed E-state index contributed by atoms with van der Waals surface area (Å²) in [5.74, 6) is -0.433. The Morgan fingerprint density at radius 3 is 2.67 bits per heavy atom. The molecule has 0 bridgehead atoms. The highest BCUT2D eigenvalue weighted by molar-refractivity contribution is 5.91. The average molecular weight is 208 g/mol. The molecule has 1 aromatic carbocycles. The number of hydrogen-bond donors (Lipinski definition) is 2. The molecule has 5 heteroatoms. The highest BCUT2D eigenvalue weighted by Gasteiger charge is 2.10. The number of urea groups is 1. The standard InChI is InChI=1S/C10H12N2O3/c1-15-9(13)8-5-3-2-4-7(8)6-12-10(11)14/h2-5H,6H2,1H3,(H3,11,12,14). The van der Waals surface area contributed by atoms with Gasteiger partial charge in [0.05, 0.1) is 12.7 Å². The minimum atomic E-state index is -0.630. The fraction of sp³-hybridized carbons (Fsp3) is 0.200. The van der Waals surface area contributed by atoms with Crippen LogP contribution >= 0.6 is 0 Å². The first-order valence-electron chi connectivity index (χ1n) is 4.34. The van der Waals surface area contributed by atoms with Crippen LogP contribution in [0.4, 0.5) is 4.79 Å². The summed E-state index contributed by atoms with van der Waals surface area (Å²) in [5.41, 5.74) is 6.03. The van der Waals surface area contributed by atoms with Crippen LogP contribution in [0.25, 0.3) is 0 Å². The highest BCUT2D eigenvalue weighted by atomic mass is 16.5. The number of benzene rings is 1. The summed E-state index contributed by atoms with van der Waals surface area (Å²) < 4.78 is 4.60. The Morgan fingerprint density at radius 2 is 2.07 bits per heavy atom. The van der Waals surface area contributed by atoms with Gasteiger partial charge in [-0.2, -0.15) is 0 Å². The smallest absolute Gasteiger partial charge is 0.338 e. The first-order valence-corrected chi connectivity index (χ1v) is 4.34. The Balaban J connectivity index is 2.86. The number of nitrogens with one attached hydrogen (secondary N) is 1. The van der Waals surface area contributed by atoms with E-state index >= 15 is 0 Å². The van der Waals surface area contributed by atoms with Gasteiger partial charge < -0.3 is 15.8 Å². The Morgan fingerprint density at radius 1 is 1.40 bits per heavy atom. The van der Waals surface area contributed by atoms with E-state index in [0.717, 1.165) is 0 Å². The molecule has 2 amide bonds. The molecule has 0 atom stereocenters. The third kappa shape index (κ3) is 2.98. The lowest BCUT2D eigenvalue weighted by Gasteiger charge is -2.07. The van der Waals surface area contributed by atoms with E-state index in [-0.39, 0.29) is 6.54 Å². The van der Waals surface area contributed by atoms with Crippen molar-refractivity contribution >= 4 is 12.0 Å². The number of ether oxygens (including phenoxy) is 1. The summed E-state index contributed by atoms with van der Waals surface area (Å²) >= 11 is 0.